The Labute approximate surface area is 190 Å². The van der Waals surface area contributed by atoms with Crippen LogP contribution in [0.3, 0.4) is 0 Å². The molecule has 0 bridgehead atoms. The molecule has 0 atom stereocenters. The number of benzene rings is 1. The van der Waals surface area contributed by atoms with Crippen molar-refractivity contribution in [1.82, 2.24) is 29.7 Å². The maximum atomic E-state index is 12.9. The predicted octanol–water partition coefficient (Wildman–Crippen LogP) is 3.37. The molecule has 32 heavy (non-hydrogen) atoms. The normalized spacial score (nSPS) is 14.7. The van der Waals surface area contributed by atoms with E-state index in [1.807, 2.05) is 58.9 Å². The minimum Gasteiger partial charge on any atom is -0.339 e. The fraction of sp³-hybridized carbons (Fsp3) is 0.304. The van der Waals surface area contributed by atoms with Crippen LogP contribution in [0.2, 0.25) is 0 Å². The molecule has 1 aliphatic rings. The van der Waals surface area contributed by atoms with E-state index in [1.165, 1.54) is 0 Å². The van der Waals surface area contributed by atoms with Gasteiger partial charge in [-0.15, -0.1) is 11.3 Å². The molecule has 1 amide bonds. The van der Waals surface area contributed by atoms with E-state index in [2.05, 4.69) is 20.1 Å². The van der Waals surface area contributed by atoms with Gasteiger partial charge in [-0.05, 0) is 54.7 Å². The van der Waals surface area contributed by atoms with E-state index in [4.69, 9.17) is 4.52 Å². The van der Waals surface area contributed by atoms with Crippen molar-refractivity contribution in [3.05, 3.63) is 71.7 Å². The van der Waals surface area contributed by atoms with Crippen LogP contribution in [0.15, 0.2) is 64.8 Å². The summed E-state index contributed by atoms with van der Waals surface area (Å²) < 4.78 is 7.16. The first-order valence-corrected chi connectivity index (χ1v) is 11.6. The molecule has 0 aliphatic carbocycles. The summed E-state index contributed by atoms with van der Waals surface area (Å²) in [5.41, 5.74) is 1.66. The Morgan fingerprint density at radius 1 is 1.06 bits per heavy atom. The van der Waals surface area contributed by atoms with Crippen molar-refractivity contribution in [2.75, 3.05) is 32.7 Å². The highest BCUT2D eigenvalue weighted by atomic mass is 32.1. The van der Waals surface area contributed by atoms with Gasteiger partial charge in [-0.25, -0.2) is 4.68 Å². The lowest BCUT2D eigenvalue weighted by Crippen LogP contribution is -2.48. The third-order valence-corrected chi connectivity index (χ3v) is 6.48. The van der Waals surface area contributed by atoms with Gasteiger partial charge in [0.05, 0.1) is 10.6 Å². The van der Waals surface area contributed by atoms with Gasteiger partial charge in [-0.2, -0.15) is 10.1 Å². The minimum atomic E-state index is 0.0867. The van der Waals surface area contributed by atoms with Gasteiger partial charge in [-0.3, -0.25) is 9.69 Å². The molecule has 9 heteroatoms. The molecule has 1 fully saturated rings. The molecule has 4 heterocycles. The summed E-state index contributed by atoms with van der Waals surface area (Å²) >= 11 is 1.61. The lowest BCUT2D eigenvalue weighted by atomic mass is 10.1. The number of aryl methyl sites for hydroxylation is 1. The Morgan fingerprint density at radius 2 is 1.91 bits per heavy atom. The summed E-state index contributed by atoms with van der Waals surface area (Å²) in [6, 6.07) is 13.5. The molecule has 1 aromatic carbocycles. The maximum Gasteiger partial charge on any atom is 0.253 e. The van der Waals surface area contributed by atoms with Crippen molar-refractivity contribution in [2.24, 2.45) is 0 Å². The Balaban J connectivity index is 1.07. The highest BCUT2D eigenvalue weighted by Crippen LogP contribution is 2.21. The van der Waals surface area contributed by atoms with Crippen LogP contribution in [-0.2, 0) is 6.42 Å². The van der Waals surface area contributed by atoms with Crippen molar-refractivity contribution in [2.45, 2.75) is 12.8 Å². The van der Waals surface area contributed by atoms with E-state index >= 15 is 0 Å². The van der Waals surface area contributed by atoms with Crippen LogP contribution in [0.4, 0.5) is 0 Å². The average Bonchev–Trinajstić information content (AvgIpc) is 3.62. The fourth-order valence-electron chi connectivity index (χ4n) is 3.85. The second kappa shape index (κ2) is 9.46. The quantitative estimate of drug-likeness (QED) is 0.431. The molecule has 3 aromatic heterocycles. The molecule has 0 spiro atoms. The fourth-order valence-corrected chi connectivity index (χ4v) is 4.50. The number of aromatic nitrogens is 4. The van der Waals surface area contributed by atoms with E-state index in [-0.39, 0.29) is 5.91 Å². The predicted molar refractivity (Wildman–Crippen MR) is 122 cm³/mol. The zero-order chi connectivity index (χ0) is 21.8. The molecule has 5 rings (SSSR count). The van der Waals surface area contributed by atoms with E-state index in [0.717, 1.165) is 56.1 Å². The van der Waals surface area contributed by atoms with E-state index in [0.29, 0.717) is 17.3 Å². The van der Waals surface area contributed by atoms with E-state index in [1.54, 1.807) is 22.2 Å². The number of hydrogen-bond acceptors (Lipinski definition) is 7. The third-order valence-electron chi connectivity index (χ3n) is 5.62. The van der Waals surface area contributed by atoms with Gasteiger partial charge in [0.1, 0.15) is 0 Å². The zero-order valence-electron chi connectivity index (χ0n) is 17.6. The van der Waals surface area contributed by atoms with Gasteiger partial charge in [0.2, 0.25) is 11.7 Å². The molecule has 8 nitrogen and oxygen atoms in total. The lowest BCUT2D eigenvalue weighted by Gasteiger charge is -2.34. The molecule has 4 aromatic rings. The molecular formula is C23H24N6O2S. The van der Waals surface area contributed by atoms with E-state index in [9.17, 15) is 4.79 Å². The Kier molecular flexibility index (Phi) is 6.09. The number of thiophene rings is 1. The lowest BCUT2D eigenvalue weighted by molar-refractivity contribution is 0.0635. The molecular weight excluding hydrogens is 424 g/mol. The Hall–Kier alpha value is -3.30. The molecule has 1 saturated heterocycles. The number of rotatable bonds is 7. The summed E-state index contributed by atoms with van der Waals surface area (Å²) in [4.78, 5) is 22.7. The van der Waals surface area contributed by atoms with Crippen molar-refractivity contribution < 1.29 is 9.32 Å². The number of hydrogen-bond donors (Lipinski definition) is 0. The van der Waals surface area contributed by atoms with Crippen molar-refractivity contribution in [1.29, 1.82) is 0 Å². The molecule has 0 saturated carbocycles. The summed E-state index contributed by atoms with van der Waals surface area (Å²) in [6.07, 6.45) is 5.34. The number of carbonyl (C=O) groups is 1. The summed E-state index contributed by atoms with van der Waals surface area (Å²) in [6.45, 7) is 4.19. The van der Waals surface area contributed by atoms with Crippen LogP contribution in [0.1, 0.15) is 22.7 Å². The van der Waals surface area contributed by atoms with Crippen molar-refractivity contribution >= 4 is 17.2 Å². The van der Waals surface area contributed by atoms with Gasteiger partial charge in [0.25, 0.3) is 5.91 Å². The number of amides is 1. The van der Waals surface area contributed by atoms with Crippen LogP contribution >= 0.6 is 11.3 Å². The van der Waals surface area contributed by atoms with Crippen molar-refractivity contribution in [3.63, 3.8) is 0 Å². The first kappa shape index (κ1) is 20.6. The van der Waals surface area contributed by atoms with Gasteiger partial charge in [0, 0.05) is 50.6 Å². The average molecular weight is 449 g/mol. The topological polar surface area (TPSA) is 80.3 Å². The molecule has 164 valence electrons. The zero-order valence-corrected chi connectivity index (χ0v) is 18.4. The number of nitrogens with zero attached hydrogens (tertiary/aromatic N) is 6. The number of carbonyl (C=O) groups excluding carboxylic acids is 1. The minimum absolute atomic E-state index is 0.0867. The molecule has 0 radical (unpaired) electrons. The summed E-state index contributed by atoms with van der Waals surface area (Å²) in [5, 5.41) is 10.3. The van der Waals surface area contributed by atoms with Gasteiger partial charge < -0.3 is 9.42 Å². The highest BCUT2D eigenvalue weighted by molar-refractivity contribution is 7.13. The summed E-state index contributed by atoms with van der Waals surface area (Å²) in [7, 11) is 0. The highest BCUT2D eigenvalue weighted by Gasteiger charge is 2.22. The van der Waals surface area contributed by atoms with Crippen LogP contribution in [0.5, 0.6) is 0 Å². The molecule has 0 N–H and O–H groups in total. The third kappa shape index (κ3) is 4.63. The number of piperazine rings is 1. The van der Waals surface area contributed by atoms with Crippen LogP contribution in [0.25, 0.3) is 16.4 Å². The van der Waals surface area contributed by atoms with Gasteiger partial charge in [0.15, 0.2) is 0 Å². The second-order valence-corrected chi connectivity index (χ2v) is 8.67. The van der Waals surface area contributed by atoms with Crippen LogP contribution < -0.4 is 0 Å². The largest absolute Gasteiger partial charge is 0.339 e. The van der Waals surface area contributed by atoms with Crippen LogP contribution in [0, 0.1) is 0 Å². The first-order valence-electron chi connectivity index (χ1n) is 10.7. The monoisotopic (exact) mass is 448 g/mol. The van der Waals surface area contributed by atoms with Gasteiger partial charge >= 0.3 is 0 Å². The van der Waals surface area contributed by atoms with E-state index < -0.39 is 0 Å². The van der Waals surface area contributed by atoms with Crippen molar-refractivity contribution in [3.8, 4) is 16.4 Å². The molecule has 0 unspecified atom stereocenters. The van der Waals surface area contributed by atoms with Gasteiger partial charge in [-0.1, -0.05) is 11.2 Å². The smallest absolute Gasteiger partial charge is 0.253 e. The second-order valence-electron chi connectivity index (χ2n) is 7.72. The maximum absolute atomic E-state index is 12.9. The van der Waals surface area contributed by atoms with Crippen LogP contribution in [-0.4, -0.2) is 68.4 Å². The summed E-state index contributed by atoms with van der Waals surface area (Å²) in [5.74, 6) is 1.43. The molecule has 1 aliphatic heterocycles. The SMILES string of the molecule is O=C(c1ccc(-n2cccn2)cc1)N1CCN(CCCc2nc(-c3cccs3)no2)CC1. The standard InChI is InChI=1S/C23H24N6O2S/c30-23(18-6-8-19(9-7-18)29-12-3-10-24-29)28-15-13-27(14-16-28)11-1-5-21-25-22(26-31-21)20-4-2-17-32-20/h2-4,6-10,12,17H,1,5,11,13-16H2. The Bertz CT molecular complexity index is 1130. The Morgan fingerprint density at radius 3 is 2.62 bits per heavy atom. The first-order chi connectivity index (χ1) is 15.8.